The number of aromatic nitrogens is 3. The molecule has 0 radical (unpaired) electrons. The van der Waals surface area contributed by atoms with Gasteiger partial charge in [-0.05, 0) is 11.6 Å². The van der Waals surface area contributed by atoms with Crippen LogP contribution in [0.2, 0.25) is 5.28 Å². The molecule has 0 aliphatic carbocycles. The van der Waals surface area contributed by atoms with Crippen molar-refractivity contribution in [3.63, 3.8) is 0 Å². The Morgan fingerprint density at radius 1 is 1.69 bits per heavy atom. The highest BCUT2D eigenvalue weighted by atomic mass is 35.5. The zero-order chi connectivity index (χ0) is 11.7. The number of rotatable bonds is 3. The van der Waals surface area contributed by atoms with Crippen LogP contribution in [0.4, 0.5) is 0 Å². The second-order valence-corrected chi connectivity index (χ2v) is 3.93. The first kappa shape index (κ1) is 10.9. The maximum absolute atomic E-state index is 10.6. The van der Waals surface area contributed by atoms with Crippen molar-refractivity contribution in [1.82, 2.24) is 14.4 Å². The Bertz CT molecular complexity index is 538. The molecule has 0 aromatic carbocycles. The Hall–Kier alpha value is -1.62. The van der Waals surface area contributed by atoms with Gasteiger partial charge in [-0.2, -0.15) is 0 Å². The van der Waals surface area contributed by atoms with Gasteiger partial charge in [-0.15, -0.1) is 0 Å². The first-order chi connectivity index (χ1) is 7.59. The summed E-state index contributed by atoms with van der Waals surface area (Å²) in [5, 5.41) is 9.06. The molecule has 2 heterocycles. The summed E-state index contributed by atoms with van der Waals surface area (Å²) in [6.07, 6.45) is 4.96. The topological polar surface area (TPSA) is 67.5 Å². The number of hydrogen-bond acceptors (Lipinski definition) is 3. The normalized spacial score (nSPS) is 12.9. The van der Waals surface area contributed by atoms with Gasteiger partial charge in [-0.1, -0.05) is 6.92 Å². The molecule has 1 atom stereocenters. The minimum absolute atomic E-state index is 0.0257. The summed E-state index contributed by atoms with van der Waals surface area (Å²) in [4.78, 5) is 18.8. The third-order valence-corrected chi connectivity index (χ3v) is 2.65. The molecule has 0 saturated heterocycles. The molecule has 0 spiro atoms. The van der Waals surface area contributed by atoms with E-state index < -0.39 is 5.97 Å². The van der Waals surface area contributed by atoms with E-state index in [0.29, 0.717) is 11.0 Å². The van der Waals surface area contributed by atoms with Crippen LogP contribution in [0.3, 0.4) is 0 Å². The van der Waals surface area contributed by atoms with Crippen molar-refractivity contribution >= 4 is 23.1 Å². The lowest BCUT2D eigenvalue weighted by molar-refractivity contribution is -0.137. The SMILES string of the molecule is CC(CC(=O)O)c1nc(Cl)n2ccncc12. The number of aliphatic carboxylic acids is 1. The van der Waals surface area contributed by atoms with Crippen molar-refractivity contribution < 1.29 is 9.90 Å². The fraction of sp³-hybridized carbons (Fsp3) is 0.300. The van der Waals surface area contributed by atoms with Gasteiger partial charge in [-0.25, -0.2) is 4.98 Å². The molecule has 1 N–H and O–H groups in total. The van der Waals surface area contributed by atoms with E-state index in [0.717, 1.165) is 5.52 Å². The highest BCUT2D eigenvalue weighted by Crippen LogP contribution is 2.25. The van der Waals surface area contributed by atoms with Gasteiger partial charge in [0, 0.05) is 18.3 Å². The lowest BCUT2D eigenvalue weighted by atomic mass is 10.0. The summed E-state index contributed by atoms with van der Waals surface area (Å²) in [5.74, 6) is -1.04. The number of carboxylic acids is 1. The van der Waals surface area contributed by atoms with Crippen molar-refractivity contribution in [1.29, 1.82) is 0 Å². The van der Waals surface area contributed by atoms with E-state index in [-0.39, 0.29) is 12.3 Å². The first-order valence-electron chi connectivity index (χ1n) is 4.79. The van der Waals surface area contributed by atoms with E-state index in [1.165, 1.54) is 0 Å². The molecule has 2 aromatic rings. The summed E-state index contributed by atoms with van der Waals surface area (Å²) in [6, 6.07) is 0. The van der Waals surface area contributed by atoms with Crippen LogP contribution in [-0.4, -0.2) is 25.4 Å². The number of hydrogen-bond donors (Lipinski definition) is 1. The van der Waals surface area contributed by atoms with E-state index in [4.69, 9.17) is 16.7 Å². The molecule has 6 heteroatoms. The fourth-order valence-corrected chi connectivity index (χ4v) is 1.88. The van der Waals surface area contributed by atoms with Crippen molar-refractivity contribution in [2.45, 2.75) is 19.3 Å². The molecule has 1 unspecified atom stereocenters. The first-order valence-corrected chi connectivity index (χ1v) is 5.16. The molecular weight excluding hydrogens is 230 g/mol. The van der Waals surface area contributed by atoms with Gasteiger partial charge in [0.25, 0.3) is 0 Å². The number of imidazole rings is 1. The van der Waals surface area contributed by atoms with Crippen molar-refractivity contribution in [2.24, 2.45) is 0 Å². The Morgan fingerprint density at radius 3 is 3.12 bits per heavy atom. The summed E-state index contributed by atoms with van der Waals surface area (Å²) >= 11 is 5.94. The van der Waals surface area contributed by atoms with Crippen LogP contribution in [-0.2, 0) is 4.79 Å². The van der Waals surface area contributed by atoms with Crippen LogP contribution in [0.5, 0.6) is 0 Å². The van der Waals surface area contributed by atoms with Gasteiger partial charge >= 0.3 is 5.97 Å². The van der Waals surface area contributed by atoms with E-state index >= 15 is 0 Å². The number of halogens is 1. The van der Waals surface area contributed by atoms with Gasteiger partial charge in [0.2, 0.25) is 5.28 Å². The zero-order valence-electron chi connectivity index (χ0n) is 8.59. The second kappa shape index (κ2) is 4.09. The van der Waals surface area contributed by atoms with Crippen LogP contribution < -0.4 is 0 Å². The van der Waals surface area contributed by atoms with E-state index in [9.17, 15) is 4.79 Å². The molecule has 0 aliphatic rings. The molecule has 0 aliphatic heterocycles. The maximum atomic E-state index is 10.6. The van der Waals surface area contributed by atoms with Crippen LogP contribution in [0, 0.1) is 0 Å². The average Bonchev–Trinajstić information content (AvgIpc) is 2.56. The largest absolute Gasteiger partial charge is 0.481 e. The van der Waals surface area contributed by atoms with Crippen molar-refractivity contribution in [2.75, 3.05) is 0 Å². The lowest BCUT2D eigenvalue weighted by Crippen LogP contribution is -2.03. The molecule has 2 rings (SSSR count). The smallest absolute Gasteiger partial charge is 0.304 e. The molecule has 84 valence electrons. The van der Waals surface area contributed by atoms with Gasteiger partial charge in [0.1, 0.15) is 0 Å². The highest BCUT2D eigenvalue weighted by molar-refractivity contribution is 6.28. The summed E-state index contributed by atoms with van der Waals surface area (Å²) in [6.45, 7) is 1.81. The van der Waals surface area contributed by atoms with Crippen LogP contribution in [0.25, 0.3) is 5.52 Å². The van der Waals surface area contributed by atoms with Crippen LogP contribution in [0.1, 0.15) is 25.0 Å². The average molecular weight is 240 g/mol. The molecular formula is C10H10ClN3O2. The monoisotopic (exact) mass is 239 g/mol. The molecule has 16 heavy (non-hydrogen) atoms. The third-order valence-electron chi connectivity index (χ3n) is 2.38. The third kappa shape index (κ3) is 1.86. The highest BCUT2D eigenvalue weighted by Gasteiger charge is 2.17. The Kier molecular flexibility index (Phi) is 2.78. The summed E-state index contributed by atoms with van der Waals surface area (Å²) in [7, 11) is 0. The Morgan fingerprint density at radius 2 is 2.44 bits per heavy atom. The number of carbonyl (C=O) groups is 1. The standard InChI is InChI=1S/C10H10ClN3O2/c1-6(4-8(15)16)9-7-5-12-2-3-14(7)10(11)13-9/h2-3,5-6H,4H2,1H3,(H,15,16). The van der Waals surface area contributed by atoms with Gasteiger partial charge in [0.15, 0.2) is 0 Å². The summed E-state index contributed by atoms with van der Waals surface area (Å²) < 4.78 is 1.68. The maximum Gasteiger partial charge on any atom is 0.304 e. The molecule has 0 amide bonds. The number of nitrogens with zero attached hydrogens (tertiary/aromatic N) is 3. The molecule has 0 bridgehead atoms. The van der Waals surface area contributed by atoms with E-state index in [1.807, 2.05) is 0 Å². The number of carboxylic acid groups (broad SMARTS) is 1. The van der Waals surface area contributed by atoms with Gasteiger partial charge in [-0.3, -0.25) is 14.2 Å². The lowest BCUT2D eigenvalue weighted by Gasteiger charge is -2.04. The quantitative estimate of drug-likeness (QED) is 0.889. The van der Waals surface area contributed by atoms with E-state index in [1.54, 1.807) is 29.9 Å². The van der Waals surface area contributed by atoms with Crippen molar-refractivity contribution in [3.8, 4) is 0 Å². The van der Waals surface area contributed by atoms with Gasteiger partial charge in [0.05, 0.1) is 23.8 Å². The number of fused-ring (bicyclic) bond motifs is 1. The van der Waals surface area contributed by atoms with Crippen LogP contribution >= 0.6 is 11.6 Å². The minimum Gasteiger partial charge on any atom is -0.481 e. The zero-order valence-corrected chi connectivity index (χ0v) is 9.35. The summed E-state index contributed by atoms with van der Waals surface area (Å²) in [5.41, 5.74) is 1.42. The molecule has 0 fully saturated rings. The molecule has 2 aromatic heterocycles. The fourth-order valence-electron chi connectivity index (χ4n) is 1.64. The van der Waals surface area contributed by atoms with Crippen molar-refractivity contribution in [3.05, 3.63) is 29.6 Å². The second-order valence-electron chi connectivity index (χ2n) is 3.60. The minimum atomic E-state index is -0.853. The van der Waals surface area contributed by atoms with E-state index in [2.05, 4.69) is 9.97 Å². The van der Waals surface area contributed by atoms with Crippen LogP contribution in [0.15, 0.2) is 18.6 Å². The molecule has 5 nitrogen and oxygen atoms in total. The predicted octanol–water partition coefficient (Wildman–Crippen LogP) is 1.96. The Balaban J connectivity index is 2.48. The predicted molar refractivity (Wildman–Crippen MR) is 58.7 cm³/mol. The van der Waals surface area contributed by atoms with Gasteiger partial charge < -0.3 is 5.11 Å². The molecule has 0 saturated carbocycles. The Labute approximate surface area is 96.7 Å².